The summed E-state index contributed by atoms with van der Waals surface area (Å²) in [5, 5.41) is 10.1. The molecule has 0 fully saturated rings. The van der Waals surface area contributed by atoms with Gasteiger partial charge in [0.05, 0.1) is 5.41 Å². The zero-order chi connectivity index (χ0) is 19.3. The molecule has 150 valence electrons. The quantitative estimate of drug-likeness (QED) is 0.336. The fourth-order valence-electron chi connectivity index (χ4n) is 3.96. The van der Waals surface area contributed by atoms with Crippen molar-refractivity contribution < 1.29 is 14.6 Å². The number of aliphatic carboxylic acids is 1. The maximum absolute atomic E-state index is 12.3. The molecule has 3 nitrogen and oxygen atoms in total. The van der Waals surface area contributed by atoms with E-state index in [0.29, 0.717) is 6.61 Å². The number of hydrogen-bond donors (Lipinski definition) is 1. The molecule has 0 radical (unpaired) electrons. The van der Waals surface area contributed by atoms with Crippen molar-refractivity contribution in [2.75, 3.05) is 13.7 Å². The largest absolute Gasteiger partial charge is 0.481 e. The summed E-state index contributed by atoms with van der Waals surface area (Å²) >= 11 is 0. The second-order valence-electron chi connectivity index (χ2n) is 7.78. The van der Waals surface area contributed by atoms with Crippen LogP contribution < -0.4 is 0 Å². The average molecular weight is 365 g/mol. The van der Waals surface area contributed by atoms with Crippen LogP contribution in [0.5, 0.6) is 0 Å². The third-order valence-electron chi connectivity index (χ3n) is 5.72. The first kappa shape index (κ1) is 23.0. The molecular formula is C23H40O3. The van der Waals surface area contributed by atoms with Crippen LogP contribution in [0, 0.1) is 11.3 Å². The summed E-state index contributed by atoms with van der Waals surface area (Å²) in [4.78, 5) is 12.3. The van der Waals surface area contributed by atoms with E-state index in [-0.39, 0.29) is 5.92 Å². The topological polar surface area (TPSA) is 46.5 Å². The summed E-state index contributed by atoms with van der Waals surface area (Å²) in [5.74, 6) is -0.636. The summed E-state index contributed by atoms with van der Waals surface area (Å²) < 4.78 is 5.27. The number of carboxylic acid groups (broad SMARTS) is 1. The lowest BCUT2D eigenvalue weighted by Gasteiger charge is -2.36. The standard InChI is InChI=1S/C23H40O3/c1-4-6-8-9-10-11-12-16-23(22(24)25)17-14-20(13-7-5-2)19-21(23)15-18-26-3/h14,17,19,21H,4-13,15-16,18H2,1-3H3,(H,24,25). The predicted molar refractivity (Wildman–Crippen MR) is 109 cm³/mol. The third-order valence-corrected chi connectivity index (χ3v) is 5.72. The van der Waals surface area contributed by atoms with Gasteiger partial charge < -0.3 is 9.84 Å². The Labute approximate surface area is 160 Å². The van der Waals surface area contributed by atoms with Gasteiger partial charge in [0.25, 0.3) is 0 Å². The number of carbonyl (C=O) groups is 1. The molecule has 0 saturated carbocycles. The molecule has 1 N–H and O–H groups in total. The first-order valence-corrected chi connectivity index (χ1v) is 10.7. The van der Waals surface area contributed by atoms with Crippen LogP contribution in [0.4, 0.5) is 0 Å². The van der Waals surface area contributed by atoms with Crippen LogP contribution in [0.1, 0.15) is 90.9 Å². The van der Waals surface area contributed by atoms with E-state index < -0.39 is 11.4 Å². The Kier molecular flexibility index (Phi) is 11.6. The van der Waals surface area contributed by atoms with Crippen molar-refractivity contribution in [3.8, 4) is 0 Å². The molecule has 0 amide bonds. The lowest BCUT2D eigenvalue weighted by Crippen LogP contribution is -2.38. The zero-order valence-electron chi connectivity index (χ0n) is 17.3. The molecule has 1 aliphatic rings. The zero-order valence-corrected chi connectivity index (χ0v) is 17.3. The van der Waals surface area contributed by atoms with Gasteiger partial charge in [0, 0.05) is 13.7 Å². The van der Waals surface area contributed by atoms with Gasteiger partial charge >= 0.3 is 5.97 Å². The molecule has 1 rings (SSSR count). The summed E-state index contributed by atoms with van der Waals surface area (Å²) in [6.07, 6.45) is 19.7. The molecule has 0 saturated heterocycles. The summed E-state index contributed by atoms with van der Waals surface area (Å²) in [6, 6.07) is 0. The van der Waals surface area contributed by atoms with E-state index >= 15 is 0 Å². The van der Waals surface area contributed by atoms with E-state index in [1.807, 2.05) is 6.08 Å². The summed E-state index contributed by atoms with van der Waals surface area (Å²) in [6.45, 7) is 5.04. The Hall–Kier alpha value is -1.09. The van der Waals surface area contributed by atoms with Crippen LogP contribution in [0.15, 0.2) is 23.8 Å². The van der Waals surface area contributed by atoms with Crippen molar-refractivity contribution >= 4 is 5.97 Å². The van der Waals surface area contributed by atoms with Crippen molar-refractivity contribution in [3.63, 3.8) is 0 Å². The molecule has 2 atom stereocenters. The Morgan fingerprint density at radius 2 is 1.73 bits per heavy atom. The highest BCUT2D eigenvalue weighted by Crippen LogP contribution is 2.43. The smallest absolute Gasteiger partial charge is 0.314 e. The highest BCUT2D eigenvalue weighted by molar-refractivity contribution is 5.78. The Balaban J connectivity index is 2.70. The number of allylic oxidation sites excluding steroid dienone is 3. The highest BCUT2D eigenvalue weighted by atomic mass is 16.5. The predicted octanol–water partition coefficient (Wildman–Crippen LogP) is 6.54. The minimum Gasteiger partial charge on any atom is -0.481 e. The number of methoxy groups -OCH3 is 1. The summed E-state index contributed by atoms with van der Waals surface area (Å²) in [5.41, 5.74) is 0.543. The highest BCUT2D eigenvalue weighted by Gasteiger charge is 2.43. The molecule has 26 heavy (non-hydrogen) atoms. The Morgan fingerprint density at radius 3 is 2.35 bits per heavy atom. The van der Waals surface area contributed by atoms with Crippen LogP contribution in [-0.4, -0.2) is 24.8 Å². The van der Waals surface area contributed by atoms with Crippen LogP contribution in [0.2, 0.25) is 0 Å². The van der Waals surface area contributed by atoms with E-state index in [9.17, 15) is 9.90 Å². The van der Waals surface area contributed by atoms with Gasteiger partial charge in [-0.15, -0.1) is 0 Å². The molecule has 1 aliphatic carbocycles. The SMILES string of the molecule is CCCCCCCCCC1(C(=O)O)C=CC(CCCC)=CC1CCOC. The van der Waals surface area contributed by atoms with Gasteiger partial charge in [0.15, 0.2) is 0 Å². The maximum Gasteiger partial charge on any atom is 0.314 e. The van der Waals surface area contributed by atoms with Gasteiger partial charge in [-0.25, -0.2) is 0 Å². The Bertz CT molecular complexity index is 452. The van der Waals surface area contributed by atoms with Gasteiger partial charge in [-0.3, -0.25) is 4.79 Å². The molecule has 0 aromatic heterocycles. The number of carboxylic acids is 1. The van der Waals surface area contributed by atoms with Crippen molar-refractivity contribution in [2.45, 2.75) is 90.9 Å². The fourth-order valence-corrected chi connectivity index (χ4v) is 3.96. The van der Waals surface area contributed by atoms with E-state index in [2.05, 4.69) is 26.0 Å². The molecular weight excluding hydrogens is 324 g/mol. The number of hydrogen-bond acceptors (Lipinski definition) is 2. The minimum absolute atomic E-state index is 0.0388. The molecule has 0 bridgehead atoms. The Morgan fingerprint density at radius 1 is 1.08 bits per heavy atom. The van der Waals surface area contributed by atoms with E-state index in [1.54, 1.807) is 7.11 Å². The van der Waals surface area contributed by atoms with Gasteiger partial charge in [0.1, 0.15) is 0 Å². The van der Waals surface area contributed by atoms with Crippen molar-refractivity contribution in [1.82, 2.24) is 0 Å². The van der Waals surface area contributed by atoms with Crippen LogP contribution in [0.3, 0.4) is 0 Å². The lowest BCUT2D eigenvalue weighted by atomic mass is 9.67. The number of unbranched alkanes of at least 4 members (excludes halogenated alkanes) is 7. The van der Waals surface area contributed by atoms with Gasteiger partial charge in [-0.2, -0.15) is 0 Å². The number of rotatable bonds is 15. The maximum atomic E-state index is 12.3. The second kappa shape index (κ2) is 13.1. The number of ether oxygens (including phenoxy) is 1. The van der Waals surface area contributed by atoms with Gasteiger partial charge in [-0.05, 0) is 31.6 Å². The molecule has 0 aliphatic heterocycles. The summed E-state index contributed by atoms with van der Waals surface area (Å²) in [7, 11) is 1.69. The first-order valence-electron chi connectivity index (χ1n) is 10.7. The van der Waals surface area contributed by atoms with E-state index in [1.165, 1.54) is 37.7 Å². The monoisotopic (exact) mass is 364 g/mol. The van der Waals surface area contributed by atoms with E-state index in [4.69, 9.17) is 4.74 Å². The normalized spacial score (nSPS) is 22.4. The van der Waals surface area contributed by atoms with Crippen LogP contribution >= 0.6 is 0 Å². The molecule has 0 aromatic carbocycles. The average Bonchev–Trinajstić information content (AvgIpc) is 2.64. The van der Waals surface area contributed by atoms with Gasteiger partial charge in [-0.1, -0.05) is 89.0 Å². The van der Waals surface area contributed by atoms with Crippen LogP contribution in [-0.2, 0) is 9.53 Å². The minimum atomic E-state index is -0.752. The lowest BCUT2D eigenvalue weighted by molar-refractivity contribution is -0.149. The fraction of sp³-hybridized carbons (Fsp3) is 0.783. The first-order chi connectivity index (χ1) is 12.6. The molecule has 0 aromatic rings. The molecule has 0 spiro atoms. The molecule has 3 heteroatoms. The van der Waals surface area contributed by atoms with Gasteiger partial charge in [0.2, 0.25) is 0 Å². The second-order valence-corrected chi connectivity index (χ2v) is 7.78. The van der Waals surface area contributed by atoms with Crippen molar-refractivity contribution in [3.05, 3.63) is 23.8 Å². The molecule has 0 heterocycles. The van der Waals surface area contributed by atoms with Crippen molar-refractivity contribution in [2.24, 2.45) is 11.3 Å². The van der Waals surface area contributed by atoms with Crippen LogP contribution in [0.25, 0.3) is 0 Å². The van der Waals surface area contributed by atoms with Crippen molar-refractivity contribution in [1.29, 1.82) is 0 Å². The van der Waals surface area contributed by atoms with E-state index in [0.717, 1.165) is 44.9 Å². The third kappa shape index (κ3) is 7.26. The molecule has 2 unspecified atom stereocenters.